The summed E-state index contributed by atoms with van der Waals surface area (Å²) in [6, 6.07) is 4.27. The second-order valence-corrected chi connectivity index (χ2v) is 8.07. The predicted molar refractivity (Wildman–Crippen MR) is 115 cm³/mol. The average molecular weight is 392 g/mol. The van der Waals surface area contributed by atoms with Crippen LogP contribution < -0.4 is 4.90 Å². The molecule has 1 fully saturated rings. The maximum Gasteiger partial charge on any atom is 0.163 e. The number of hydrogen-bond donors (Lipinski definition) is 1. The molecule has 0 radical (unpaired) electrons. The van der Waals surface area contributed by atoms with E-state index < -0.39 is 0 Å². The van der Waals surface area contributed by atoms with Gasteiger partial charge < -0.3 is 14.6 Å². The molecule has 0 aromatic carbocycles. The number of ether oxygens (including phenoxy) is 1. The Hall–Kier alpha value is -2.77. The summed E-state index contributed by atoms with van der Waals surface area (Å²) in [5.41, 5.74) is 4.89. The molecule has 0 bridgehead atoms. The fraction of sp³-hybridized carbons (Fsp3) is 0.286. The van der Waals surface area contributed by atoms with Gasteiger partial charge in [-0.1, -0.05) is 6.58 Å². The van der Waals surface area contributed by atoms with Crippen molar-refractivity contribution in [2.45, 2.75) is 19.9 Å². The van der Waals surface area contributed by atoms with Crippen LogP contribution in [0.3, 0.4) is 0 Å². The number of rotatable bonds is 3. The first-order chi connectivity index (χ1) is 13.6. The highest BCUT2D eigenvalue weighted by Crippen LogP contribution is 2.38. The van der Waals surface area contributed by atoms with E-state index in [1.165, 1.54) is 0 Å². The minimum atomic E-state index is 0.264. The number of hydrogen-bond acceptors (Lipinski definition) is 6. The van der Waals surface area contributed by atoms with Crippen LogP contribution >= 0.6 is 11.3 Å². The van der Waals surface area contributed by atoms with E-state index in [-0.39, 0.29) is 6.04 Å². The van der Waals surface area contributed by atoms with Crippen LogP contribution in [0.15, 0.2) is 36.5 Å². The molecule has 28 heavy (non-hydrogen) atoms. The van der Waals surface area contributed by atoms with Gasteiger partial charge in [-0.25, -0.2) is 15.0 Å². The number of aromatic amines is 1. The smallest absolute Gasteiger partial charge is 0.163 e. The minimum absolute atomic E-state index is 0.264. The minimum Gasteiger partial charge on any atom is -0.377 e. The zero-order valence-electron chi connectivity index (χ0n) is 15.9. The number of allylic oxidation sites excluding steroid dienone is 1. The lowest BCUT2D eigenvalue weighted by Gasteiger charge is -2.34. The summed E-state index contributed by atoms with van der Waals surface area (Å²) in [6.07, 6.45) is 3.70. The van der Waals surface area contributed by atoms with Crippen molar-refractivity contribution in [1.82, 2.24) is 19.9 Å². The van der Waals surface area contributed by atoms with Gasteiger partial charge in [0.15, 0.2) is 11.6 Å². The molecule has 142 valence electrons. The Kier molecular flexibility index (Phi) is 4.14. The van der Waals surface area contributed by atoms with Crippen molar-refractivity contribution >= 4 is 44.0 Å². The lowest BCUT2D eigenvalue weighted by molar-refractivity contribution is 0.0987. The van der Waals surface area contributed by atoms with Crippen molar-refractivity contribution in [3.8, 4) is 11.4 Å². The Balaban J connectivity index is 1.79. The first-order valence-corrected chi connectivity index (χ1v) is 10.2. The maximum absolute atomic E-state index is 5.64. The highest BCUT2D eigenvalue weighted by molar-refractivity contribution is 7.18. The number of morpholine rings is 1. The molecule has 7 heteroatoms. The fourth-order valence-electron chi connectivity index (χ4n) is 3.72. The topological polar surface area (TPSA) is 66.9 Å². The third kappa shape index (κ3) is 2.70. The van der Waals surface area contributed by atoms with Crippen LogP contribution in [-0.4, -0.2) is 45.7 Å². The summed E-state index contributed by atoms with van der Waals surface area (Å²) in [6.45, 7) is 10.6. The van der Waals surface area contributed by atoms with Gasteiger partial charge in [-0.3, -0.25) is 0 Å². The standard InChI is InChI=1S/C21H21N5OS/c1-12(2)16-11-28-18-17(16)24-20(15-5-7-23-19-14(15)4-6-22-19)25-21(18)26-8-9-27-10-13(26)3/h4-7,11,13H,1,8-10H2,2-3H3,(H,22,23)/t13-/m1/s1. The van der Waals surface area contributed by atoms with Crippen molar-refractivity contribution in [1.29, 1.82) is 0 Å². The van der Waals surface area contributed by atoms with Crippen LogP contribution in [-0.2, 0) is 4.74 Å². The van der Waals surface area contributed by atoms with E-state index in [4.69, 9.17) is 14.7 Å². The normalized spacial score (nSPS) is 17.5. The Morgan fingerprint density at radius 2 is 2.25 bits per heavy atom. The molecule has 0 spiro atoms. The van der Waals surface area contributed by atoms with Gasteiger partial charge in [-0.2, -0.15) is 0 Å². The molecule has 1 aliphatic heterocycles. The lowest BCUT2D eigenvalue weighted by atomic mass is 10.1. The fourth-order valence-corrected chi connectivity index (χ4v) is 4.80. The molecule has 0 saturated carbocycles. The monoisotopic (exact) mass is 391 g/mol. The molecule has 4 aromatic rings. The van der Waals surface area contributed by atoms with Gasteiger partial charge in [-0.05, 0) is 31.6 Å². The Labute approximate surface area is 166 Å². The number of anilines is 1. The first-order valence-electron chi connectivity index (χ1n) is 9.35. The summed E-state index contributed by atoms with van der Waals surface area (Å²) in [4.78, 5) is 19.9. The van der Waals surface area contributed by atoms with E-state index in [0.717, 1.165) is 50.3 Å². The third-order valence-electron chi connectivity index (χ3n) is 5.20. The van der Waals surface area contributed by atoms with Gasteiger partial charge in [0.25, 0.3) is 0 Å². The number of nitrogens with zero attached hydrogens (tertiary/aromatic N) is 4. The molecule has 4 aromatic heterocycles. The summed E-state index contributed by atoms with van der Waals surface area (Å²) < 4.78 is 6.75. The zero-order valence-corrected chi connectivity index (χ0v) is 16.7. The molecule has 0 amide bonds. The molecule has 1 atom stereocenters. The first kappa shape index (κ1) is 17.3. The molecular formula is C21H21N5OS. The molecule has 0 unspecified atom stereocenters. The summed E-state index contributed by atoms with van der Waals surface area (Å²) in [5, 5.41) is 3.16. The van der Waals surface area contributed by atoms with Crippen LogP contribution in [0, 0.1) is 0 Å². The second kappa shape index (κ2) is 6.68. The SMILES string of the molecule is C=C(C)c1csc2c(N3CCOC[C@H]3C)nc(-c3ccnc4[nH]ccc34)nc12. The van der Waals surface area contributed by atoms with E-state index in [1.54, 1.807) is 17.5 Å². The Bertz CT molecular complexity index is 1190. The van der Waals surface area contributed by atoms with Crippen molar-refractivity contribution in [2.24, 2.45) is 0 Å². The number of H-pyrrole nitrogens is 1. The number of fused-ring (bicyclic) bond motifs is 2. The van der Waals surface area contributed by atoms with E-state index in [1.807, 2.05) is 25.3 Å². The molecule has 0 aliphatic carbocycles. The van der Waals surface area contributed by atoms with E-state index in [9.17, 15) is 0 Å². The largest absolute Gasteiger partial charge is 0.377 e. The number of aromatic nitrogens is 4. The van der Waals surface area contributed by atoms with Crippen molar-refractivity contribution in [2.75, 3.05) is 24.7 Å². The number of pyridine rings is 1. The van der Waals surface area contributed by atoms with Gasteiger partial charge in [0.2, 0.25) is 0 Å². The van der Waals surface area contributed by atoms with Crippen LogP contribution in [0.2, 0.25) is 0 Å². The molecule has 6 nitrogen and oxygen atoms in total. The maximum atomic E-state index is 5.64. The Morgan fingerprint density at radius 3 is 3.07 bits per heavy atom. The quantitative estimate of drug-likeness (QED) is 0.557. The third-order valence-corrected chi connectivity index (χ3v) is 6.16. The molecule has 1 aliphatic rings. The van der Waals surface area contributed by atoms with Gasteiger partial charge in [0.1, 0.15) is 5.65 Å². The van der Waals surface area contributed by atoms with E-state index in [2.05, 4.69) is 33.8 Å². The molecule has 1 saturated heterocycles. The van der Waals surface area contributed by atoms with Gasteiger partial charge >= 0.3 is 0 Å². The van der Waals surface area contributed by atoms with Crippen molar-refractivity contribution in [3.05, 3.63) is 42.0 Å². The molecule has 5 rings (SSSR count). The van der Waals surface area contributed by atoms with Crippen LogP contribution in [0.4, 0.5) is 5.82 Å². The molecular weight excluding hydrogens is 370 g/mol. The van der Waals surface area contributed by atoms with Gasteiger partial charge in [-0.15, -0.1) is 11.3 Å². The van der Waals surface area contributed by atoms with Crippen molar-refractivity contribution in [3.63, 3.8) is 0 Å². The van der Waals surface area contributed by atoms with Crippen LogP contribution in [0.5, 0.6) is 0 Å². The van der Waals surface area contributed by atoms with Crippen LogP contribution in [0.25, 0.3) is 38.2 Å². The number of thiophene rings is 1. The molecule has 5 heterocycles. The Morgan fingerprint density at radius 1 is 1.36 bits per heavy atom. The lowest BCUT2D eigenvalue weighted by Crippen LogP contribution is -2.44. The summed E-state index contributed by atoms with van der Waals surface area (Å²) in [7, 11) is 0. The summed E-state index contributed by atoms with van der Waals surface area (Å²) in [5.74, 6) is 1.70. The highest BCUT2D eigenvalue weighted by Gasteiger charge is 2.25. The molecule has 1 N–H and O–H groups in total. The second-order valence-electron chi connectivity index (χ2n) is 7.19. The van der Waals surface area contributed by atoms with Gasteiger partial charge in [0.05, 0.1) is 29.5 Å². The van der Waals surface area contributed by atoms with Crippen molar-refractivity contribution < 1.29 is 4.74 Å². The highest BCUT2D eigenvalue weighted by atomic mass is 32.1. The van der Waals surface area contributed by atoms with E-state index >= 15 is 0 Å². The van der Waals surface area contributed by atoms with E-state index in [0.29, 0.717) is 19.0 Å². The zero-order chi connectivity index (χ0) is 19.3. The summed E-state index contributed by atoms with van der Waals surface area (Å²) >= 11 is 1.69. The van der Waals surface area contributed by atoms with Gasteiger partial charge in [0, 0.05) is 40.8 Å². The number of nitrogens with one attached hydrogen (secondary N) is 1. The van der Waals surface area contributed by atoms with Crippen LogP contribution in [0.1, 0.15) is 19.4 Å². The predicted octanol–water partition coefficient (Wildman–Crippen LogP) is 4.49. The average Bonchev–Trinajstić information content (AvgIpc) is 3.34.